The third kappa shape index (κ3) is 6.13. The molecule has 0 radical (unpaired) electrons. The van der Waals surface area contributed by atoms with Crippen molar-refractivity contribution in [2.45, 2.75) is 26.2 Å². The zero-order valence-corrected chi connectivity index (χ0v) is 7.56. The first-order valence-electron chi connectivity index (χ1n) is 3.65. The van der Waals surface area contributed by atoms with E-state index in [1.165, 1.54) is 0 Å². The molecule has 0 rings (SSSR count). The van der Waals surface area contributed by atoms with E-state index in [1.54, 1.807) is 0 Å². The van der Waals surface area contributed by atoms with Gasteiger partial charge in [0.25, 0.3) is 0 Å². The van der Waals surface area contributed by atoms with Crippen LogP contribution in [0.5, 0.6) is 0 Å². The summed E-state index contributed by atoms with van der Waals surface area (Å²) < 4.78 is 0. The number of carboxylic acid groups (broad SMARTS) is 1. The molecule has 4 heteroatoms. The van der Waals surface area contributed by atoms with E-state index in [0.29, 0.717) is 19.4 Å². The lowest BCUT2D eigenvalue weighted by Crippen LogP contribution is -2.14. The summed E-state index contributed by atoms with van der Waals surface area (Å²) in [5, 5.41) is 8.56. The highest BCUT2D eigenvalue weighted by molar-refractivity contribution is 5.85. The lowest BCUT2D eigenvalue weighted by atomic mass is 10.0. The van der Waals surface area contributed by atoms with Crippen LogP contribution in [0.2, 0.25) is 0 Å². The van der Waals surface area contributed by atoms with Gasteiger partial charge in [-0.3, -0.25) is 4.79 Å². The average molecular weight is 182 g/mol. The molecule has 0 saturated carbocycles. The fraction of sp³-hybridized carbons (Fsp3) is 0.857. The van der Waals surface area contributed by atoms with Crippen molar-refractivity contribution in [3.8, 4) is 0 Å². The van der Waals surface area contributed by atoms with E-state index < -0.39 is 5.97 Å². The first-order valence-corrected chi connectivity index (χ1v) is 3.65. The zero-order chi connectivity index (χ0) is 7.98. The Kier molecular flexibility index (Phi) is 9.47. The molecule has 0 aromatic carbocycles. The van der Waals surface area contributed by atoms with E-state index in [-0.39, 0.29) is 18.3 Å². The van der Waals surface area contributed by atoms with Gasteiger partial charge >= 0.3 is 5.97 Å². The van der Waals surface area contributed by atoms with Crippen LogP contribution in [0.3, 0.4) is 0 Å². The van der Waals surface area contributed by atoms with Crippen molar-refractivity contribution in [2.75, 3.05) is 6.54 Å². The van der Waals surface area contributed by atoms with Gasteiger partial charge in [0.2, 0.25) is 0 Å². The summed E-state index contributed by atoms with van der Waals surface area (Å²) in [4.78, 5) is 10.4. The Morgan fingerprint density at radius 2 is 2.18 bits per heavy atom. The van der Waals surface area contributed by atoms with Crippen LogP contribution in [0, 0.1) is 5.92 Å². The monoisotopic (exact) mass is 181 g/mol. The molecule has 3 nitrogen and oxygen atoms in total. The van der Waals surface area contributed by atoms with Gasteiger partial charge in [0.1, 0.15) is 0 Å². The Hall–Kier alpha value is -0.280. The van der Waals surface area contributed by atoms with Gasteiger partial charge in [-0.15, -0.1) is 12.4 Å². The Bertz CT molecular complexity index is 109. The zero-order valence-electron chi connectivity index (χ0n) is 6.75. The third-order valence-corrected chi connectivity index (χ3v) is 1.60. The molecule has 68 valence electrons. The molecule has 0 aliphatic carbocycles. The van der Waals surface area contributed by atoms with Crippen molar-refractivity contribution in [1.82, 2.24) is 0 Å². The SMILES string of the molecule is CCC(CCCN)C(=O)O.Cl. The van der Waals surface area contributed by atoms with Gasteiger partial charge < -0.3 is 10.8 Å². The highest BCUT2D eigenvalue weighted by atomic mass is 35.5. The summed E-state index contributed by atoms with van der Waals surface area (Å²) in [6.07, 6.45) is 2.22. The normalized spacial score (nSPS) is 11.8. The smallest absolute Gasteiger partial charge is 0.306 e. The predicted octanol–water partition coefficient (Wildman–Crippen LogP) is 1.26. The summed E-state index contributed by atoms with van der Waals surface area (Å²) >= 11 is 0. The lowest BCUT2D eigenvalue weighted by Gasteiger charge is -2.06. The molecule has 0 aromatic heterocycles. The van der Waals surface area contributed by atoms with Gasteiger partial charge in [0.05, 0.1) is 5.92 Å². The highest BCUT2D eigenvalue weighted by Crippen LogP contribution is 2.09. The quantitative estimate of drug-likeness (QED) is 0.671. The summed E-state index contributed by atoms with van der Waals surface area (Å²) in [7, 11) is 0. The number of aliphatic carboxylic acids is 1. The van der Waals surface area contributed by atoms with Gasteiger partial charge in [-0.1, -0.05) is 6.92 Å². The van der Waals surface area contributed by atoms with E-state index in [4.69, 9.17) is 10.8 Å². The Labute approximate surface area is 73.4 Å². The number of nitrogens with two attached hydrogens (primary N) is 1. The molecule has 0 amide bonds. The molecular formula is C7H16ClNO2. The molecule has 0 saturated heterocycles. The first-order chi connectivity index (χ1) is 4.72. The second kappa shape index (κ2) is 7.82. The van der Waals surface area contributed by atoms with Crippen molar-refractivity contribution in [3.05, 3.63) is 0 Å². The van der Waals surface area contributed by atoms with Crippen molar-refractivity contribution in [3.63, 3.8) is 0 Å². The van der Waals surface area contributed by atoms with Gasteiger partial charge in [0.15, 0.2) is 0 Å². The van der Waals surface area contributed by atoms with Crippen LogP contribution in [0.25, 0.3) is 0 Å². The van der Waals surface area contributed by atoms with Crippen LogP contribution < -0.4 is 5.73 Å². The largest absolute Gasteiger partial charge is 0.481 e. The van der Waals surface area contributed by atoms with E-state index in [0.717, 1.165) is 6.42 Å². The highest BCUT2D eigenvalue weighted by Gasteiger charge is 2.12. The lowest BCUT2D eigenvalue weighted by molar-refractivity contribution is -0.142. The maximum Gasteiger partial charge on any atom is 0.306 e. The summed E-state index contributed by atoms with van der Waals surface area (Å²) in [6, 6.07) is 0. The van der Waals surface area contributed by atoms with Crippen LogP contribution in [0.1, 0.15) is 26.2 Å². The molecule has 0 heterocycles. The minimum absolute atomic E-state index is 0. The van der Waals surface area contributed by atoms with Crippen LogP contribution in [0.4, 0.5) is 0 Å². The van der Waals surface area contributed by atoms with Gasteiger partial charge in [-0.2, -0.15) is 0 Å². The van der Waals surface area contributed by atoms with E-state index >= 15 is 0 Å². The van der Waals surface area contributed by atoms with Crippen molar-refractivity contribution in [2.24, 2.45) is 11.7 Å². The molecule has 0 aromatic rings. The number of carbonyl (C=O) groups is 1. The Morgan fingerprint density at radius 1 is 1.64 bits per heavy atom. The number of hydrogen-bond donors (Lipinski definition) is 2. The van der Waals surface area contributed by atoms with E-state index in [9.17, 15) is 4.79 Å². The van der Waals surface area contributed by atoms with Crippen molar-refractivity contribution < 1.29 is 9.90 Å². The molecule has 0 fully saturated rings. The topological polar surface area (TPSA) is 63.3 Å². The second-order valence-corrected chi connectivity index (χ2v) is 2.37. The van der Waals surface area contributed by atoms with Crippen LogP contribution in [-0.2, 0) is 4.79 Å². The molecule has 11 heavy (non-hydrogen) atoms. The number of halogens is 1. The molecule has 0 spiro atoms. The van der Waals surface area contributed by atoms with E-state index in [2.05, 4.69) is 0 Å². The van der Waals surface area contributed by atoms with Crippen molar-refractivity contribution >= 4 is 18.4 Å². The molecule has 1 atom stereocenters. The van der Waals surface area contributed by atoms with E-state index in [1.807, 2.05) is 6.92 Å². The van der Waals surface area contributed by atoms with Crippen LogP contribution in [0.15, 0.2) is 0 Å². The maximum absolute atomic E-state index is 10.4. The van der Waals surface area contributed by atoms with Gasteiger partial charge in [-0.05, 0) is 25.8 Å². The molecule has 0 aliphatic heterocycles. The molecular weight excluding hydrogens is 166 g/mol. The second-order valence-electron chi connectivity index (χ2n) is 2.37. The minimum atomic E-state index is -0.698. The summed E-state index contributed by atoms with van der Waals surface area (Å²) in [5.74, 6) is -0.889. The van der Waals surface area contributed by atoms with Crippen LogP contribution >= 0.6 is 12.4 Å². The Balaban J connectivity index is 0. The maximum atomic E-state index is 10.4. The number of rotatable bonds is 5. The summed E-state index contributed by atoms with van der Waals surface area (Å²) in [6.45, 7) is 2.47. The fourth-order valence-electron chi connectivity index (χ4n) is 0.866. The van der Waals surface area contributed by atoms with Gasteiger partial charge in [-0.25, -0.2) is 0 Å². The fourth-order valence-corrected chi connectivity index (χ4v) is 0.866. The standard InChI is InChI=1S/C7H15NO2.ClH/c1-2-6(7(9)10)4-3-5-8;/h6H,2-5,8H2,1H3,(H,9,10);1H. The van der Waals surface area contributed by atoms with Crippen molar-refractivity contribution in [1.29, 1.82) is 0 Å². The number of carboxylic acids is 1. The predicted molar refractivity (Wildman–Crippen MR) is 47.0 cm³/mol. The first kappa shape index (κ1) is 13.3. The molecule has 1 unspecified atom stereocenters. The van der Waals surface area contributed by atoms with Gasteiger partial charge in [0, 0.05) is 0 Å². The van der Waals surface area contributed by atoms with Crippen LogP contribution in [-0.4, -0.2) is 17.6 Å². The average Bonchev–Trinajstić information content (AvgIpc) is 1.89. The third-order valence-electron chi connectivity index (χ3n) is 1.60. The minimum Gasteiger partial charge on any atom is -0.481 e. The Morgan fingerprint density at radius 3 is 2.45 bits per heavy atom. The summed E-state index contributed by atoms with van der Waals surface area (Å²) in [5.41, 5.74) is 5.24. The number of hydrogen-bond acceptors (Lipinski definition) is 2. The molecule has 0 aliphatic rings. The molecule has 3 N–H and O–H groups in total. The molecule has 0 bridgehead atoms.